The van der Waals surface area contributed by atoms with Gasteiger partial charge in [0.2, 0.25) is 5.91 Å². The van der Waals surface area contributed by atoms with Crippen LogP contribution in [0.15, 0.2) is 29.3 Å². The molecule has 0 aromatic carbocycles. The van der Waals surface area contributed by atoms with Crippen LogP contribution in [0.2, 0.25) is 5.02 Å². The SMILES string of the molecule is CC(=O)N1CCN(CCNc2cnn(-c3ccc(C(F)(F)F)cn3)c(=O)c2Cl)CC1. The molecule has 3 heterocycles. The van der Waals surface area contributed by atoms with E-state index >= 15 is 0 Å². The first-order valence-electron chi connectivity index (χ1n) is 9.20. The number of pyridine rings is 1. The minimum atomic E-state index is -4.52. The molecule has 12 heteroatoms. The van der Waals surface area contributed by atoms with Crippen molar-refractivity contribution in [2.24, 2.45) is 0 Å². The quantitative estimate of drug-likeness (QED) is 0.758. The standard InChI is InChI=1S/C18H20ClF3N6O2/c1-12(29)27-8-6-26(7-9-27)5-4-23-14-11-25-28(17(30)16(14)19)15-3-2-13(10-24-15)18(20,21)22/h2-3,10-11,23H,4-9H2,1H3. The molecule has 0 radical (unpaired) electrons. The lowest BCUT2D eigenvalue weighted by molar-refractivity contribution is -0.137. The molecule has 0 unspecified atom stereocenters. The molecule has 1 amide bonds. The number of carbonyl (C=O) groups excluding carboxylic acids is 1. The maximum absolute atomic E-state index is 12.7. The van der Waals surface area contributed by atoms with Crippen LogP contribution >= 0.6 is 11.6 Å². The number of aromatic nitrogens is 3. The second-order valence-electron chi connectivity index (χ2n) is 6.77. The molecule has 162 valence electrons. The Labute approximate surface area is 175 Å². The number of hydrogen-bond donors (Lipinski definition) is 1. The highest BCUT2D eigenvalue weighted by Gasteiger charge is 2.30. The molecule has 3 rings (SSSR count). The number of anilines is 1. The molecule has 1 fully saturated rings. The smallest absolute Gasteiger partial charge is 0.381 e. The first kappa shape index (κ1) is 22.0. The Morgan fingerprint density at radius 1 is 1.20 bits per heavy atom. The fourth-order valence-electron chi connectivity index (χ4n) is 3.03. The van der Waals surface area contributed by atoms with Crippen molar-refractivity contribution in [1.82, 2.24) is 24.6 Å². The van der Waals surface area contributed by atoms with Crippen LogP contribution in [0.1, 0.15) is 12.5 Å². The third-order valence-corrected chi connectivity index (χ3v) is 5.14. The summed E-state index contributed by atoms with van der Waals surface area (Å²) in [5.74, 6) is -0.00137. The second kappa shape index (κ2) is 9.00. The van der Waals surface area contributed by atoms with Gasteiger partial charge in [-0.15, -0.1) is 0 Å². The summed E-state index contributed by atoms with van der Waals surface area (Å²) >= 11 is 6.13. The zero-order chi connectivity index (χ0) is 21.9. The summed E-state index contributed by atoms with van der Waals surface area (Å²) in [7, 11) is 0. The fourth-order valence-corrected chi connectivity index (χ4v) is 3.23. The van der Waals surface area contributed by atoms with Crippen LogP contribution in [0.3, 0.4) is 0 Å². The van der Waals surface area contributed by atoms with Gasteiger partial charge in [-0.25, -0.2) is 4.98 Å². The van der Waals surface area contributed by atoms with Crippen molar-refractivity contribution in [3.8, 4) is 5.82 Å². The van der Waals surface area contributed by atoms with Gasteiger partial charge in [0.25, 0.3) is 5.56 Å². The van der Waals surface area contributed by atoms with Crippen LogP contribution in [0.4, 0.5) is 18.9 Å². The number of amides is 1. The van der Waals surface area contributed by atoms with E-state index in [0.29, 0.717) is 38.1 Å². The van der Waals surface area contributed by atoms with Gasteiger partial charge in [0.1, 0.15) is 5.02 Å². The Morgan fingerprint density at radius 2 is 1.90 bits per heavy atom. The number of piperazine rings is 1. The van der Waals surface area contributed by atoms with Crippen LogP contribution in [0.25, 0.3) is 5.82 Å². The van der Waals surface area contributed by atoms with Crippen LogP contribution in [0, 0.1) is 0 Å². The summed E-state index contributed by atoms with van der Waals surface area (Å²) in [6.07, 6.45) is -2.56. The second-order valence-corrected chi connectivity index (χ2v) is 7.14. The summed E-state index contributed by atoms with van der Waals surface area (Å²) in [4.78, 5) is 31.4. The lowest BCUT2D eigenvalue weighted by atomic mass is 10.3. The summed E-state index contributed by atoms with van der Waals surface area (Å²) in [6, 6.07) is 1.88. The van der Waals surface area contributed by atoms with E-state index in [2.05, 4.69) is 20.3 Å². The van der Waals surface area contributed by atoms with Gasteiger partial charge >= 0.3 is 6.18 Å². The number of carbonyl (C=O) groups is 1. The molecule has 2 aromatic heterocycles. The van der Waals surface area contributed by atoms with Gasteiger partial charge in [-0.3, -0.25) is 14.5 Å². The Bertz CT molecular complexity index is 956. The van der Waals surface area contributed by atoms with Crippen molar-refractivity contribution in [3.63, 3.8) is 0 Å². The van der Waals surface area contributed by atoms with E-state index in [1.807, 2.05) is 0 Å². The highest BCUT2D eigenvalue weighted by molar-refractivity contribution is 6.32. The van der Waals surface area contributed by atoms with Gasteiger partial charge in [0, 0.05) is 52.4 Å². The predicted octanol–water partition coefficient (Wildman–Crippen LogP) is 1.88. The molecule has 1 N–H and O–H groups in total. The summed E-state index contributed by atoms with van der Waals surface area (Å²) in [5.41, 5.74) is -1.29. The van der Waals surface area contributed by atoms with E-state index in [1.165, 1.54) is 6.20 Å². The third-order valence-electron chi connectivity index (χ3n) is 4.77. The molecule has 1 saturated heterocycles. The first-order chi connectivity index (χ1) is 14.2. The van der Waals surface area contributed by atoms with Crippen LogP contribution < -0.4 is 10.9 Å². The number of nitrogens with one attached hydrogen (secondary N) is 1. The summed E-state index contributed by atoms with van der Waals surface area (Å²) in [6.45, 7) is 5.61. The molecule has 2 aromatic rings. The van der Waals surface area contributed by atoms with Crippen molar-refractivity contribution >= 4 is 23.2 Å². The summed E-state index contributed by atoms with van der Waals surface area (Å²) in [5, 5.41) is 6.86. The molecule has 1 aliphatic heterocycles. The van der Waals surface area contributed by atoms with E-state index in [1.54, 1.807) is 11.8 Å². The van der Waals surface area contributed by atoms with Gasteiger partial charge in [-0.05, 0) is 12.1 Å². The Balaban J connectivity index is 1.61. The van der Waals surface area contributed by atoms with Crippen molar-refractivity contribution in [3.05, 3.63) is 45.5 Å². The Hall–Kier alpha value is -2.66. The van der Waals surface area contributed by atoms with Gasteiger partial charge in [-0.2, -0.15) is 23.0 Å². The highest BCUT2D eigenvalue weighted by atomic mass is 35.5. The summed E-state index contributed by atoms with van der Waals surface area (Å²) < 4.78 is 38.8. The average Bonchev–Trinajstić information content (AvgIpc) is 2.71. The van der Waals surface area contributed by atoms with E-state index in [9.17, 15) is 22.8 Å². The molecular formula is C18H20ClF3N6O2. The van der Waals surface area contributed by atoms with Gasteiger partial charge in [0.05, 0.1) is 17.4 Å². The number of hydrogen-bond acceptors (Lipinski definition) is 6. The third kappa shape index (κ3) is 5.08. The highest BCUT2D eigenvalue weighted by Crippen LogP contribution is 2.28. The average molecular weight is 445 g/mol. The lowest BCUT2D eigenvalue weighted by Crippen LogP contribution is -2.49. The zero-order valence-corrected chi connectivity index (χ0v) is 16.9. The molecule has 0 saturated carbocycles. The monoisotopic (exact) mass is 444 g/mol. The topological polar surface area (TPSA) is 83.4 Å². The van der Waals surface area contributed by atoms with Gasteiger partial charge in [-0.1, -0.05) is 11.6 Å². The van der Waals surface area contributed by atoms with Crippen LogP contribution in [-0.2, 0) is 11.0 Å². The molecule has 8 nitrogen and oxygen atoms in total. The minimum Gasteiger partial charge on any atom is -0.381 e. The number of rotatable bonds is 5. The van der Waals surface area contributed by atoms with Crippen molar-refractivity contribution in [2.45, 2.75) is 13.1 Å². The molecule has 0 aliphatic carbocycles. The maximum atomic E-state index is 12.7. The van der Waals surface area contributed by atoms with Crippen LogP contribution in [-0.4, -0.2) is 69.7 Å². The Morgan fingerprint density at radius 3 is 2.47 bits per heavy atom. The maximum Gasteiger partial charge on any atom is 0.417 e. The molecular weight excluding hydrogens is 425 g/mol. The van der Waals surface area contributed by atoms with Crippen molar-refractivity contribution < 1.29 is 18.0 Å². The van der Waals surface area contributed by atoms with E-state index in [4.69, 9.17) is 11.6 Å². The van der Waals surface area contributed by atoms with Crippen molar-refractivity contribution in [2.75, 3.05) is 44.6 Å². The van der Waals surface area contributed by atoms with Crippen molar-refractivity contribution in [1.29, 1.82) is 0 Å². The van der Waals surface area contributed by atoms with Gasteiger partial charge in [0.15, 0.2) is 5.82 Å². The lowest BCUT2D eigenvalue weighted by Gasteiger charge is -2.34. The molecule has 1 aliphatic rings. The zero-order valence-electron chi connectivity index (χ0n) is 16.1. The Kier molecular flexibility index (Phi) is 6.61. The van der Waals surface area contributed by atoms with E-state index < -0.39 is 17.3 Å². The largest absolute Gasteiger partial charge is 0.417 e. The molecule has 0 spiro atoms. The molecule has 0 atom stereocenters. The first-order valence-corrected chi connectivity index (χ1v) is 9.58. The van der Waals surface area contributed by atoms with Gasteiger partial charge < -0.3 is 10.2 Å². The molecule has 30 heavy (non-hydrogen) atoms. The predicted molar refractivity (Wildman–Crippen MR) is 105 cm³/mol. The minimum absolute atomic E-state index is 0.0636. The fraction of sp³-hybridized carbons (Fsp3) is 0.444. The van der Waals surface area contributed by atoms with E-state index in [-0.39, 0.29) is 16.7 Å². The molecule has 0 bridgehead atoms. The van der Waals surface area contributed by atoms with Crippen LogP contribution in [0.5, 0.6) is 0 Å². The number of halogens is 4. The normalized spacial score (nSPS) is 15.3. The number of alkyl halides is 3. The van der Waals surface area contributed by atoms with E-state index in [0.717, 1.165) is 29.9 Å². The number of nitrogens with zero attached hydrogens (tertiary/aromatic N) is 5.